The Kier molecular flexibility index (Phi) is 6.21. The van der Waals surface area contributed by atoms with E-state index in [2.05, 4.69) is 10.6 Å². The van der Waals surface area contributed by atoms with Gasteiger partial charge in [0.15, 0.2) is 0 Å². The lowest BCUT2D eigenvalue weighted by Gasteiger charge is -2.11. The molecule has 0 aliphatic rings. The van der Waals surface area contributed by atoms with Crippen LogP contribution in [0.25, 0.3) is 0 Å². The highest BCUT2D eigenvalue weighted by molar-refractivity contribution is 5.90. The number of aliphatic carboxylic acids is 1. The number of ether oxygens (including phenoxy) is 1. The van der Waals surface area contributed by atoms with Gasteiger partial charge in [-0.15, -0.1) is 0 Å². The lowest BCUT2D eigenvalue weighted by atomic mass is 10.3. The largest absolute Gasteiger partial charge is 0.492 e. The van der Waals surface area contributed by atoms with Crippen LogP contribution in [0.4, 0.5) is 10.5 Å². The number of carbonyl (C=O) groups excluding carboxylic acids is 1. The minimum absolute atomic E-state index is 0.0375. The van der Waals surface area contributed by atoms with Crippen molar-refractivity contribution < 1.29 is 19.4 Å². The SMILES string of the molecule is CCOc1ccccc1NC(=O)NCCCC(=O)O. The Morgan fingerprint density at radius 3 is 2.74 bits per heavy atom. The highest BCUT2D eigenvalue weighted by Gasteiger charge is 2.06. The molecule has 0 heterocycles. The number of benzene rings is 1. The highest BCUT2D eigenvalue weighted by Crippen LogP contribution is 2.23. The average molecular weight is 266 g/mol. The van der Waals surface area contributed by atoms with Gasteiger partial charge in [0.05, 0.1) is 12.3 Å². The zero-order valence-corrected chi connectivity index (χ0v) is 10.8. The van der Waals surface area contributed by atoms with Gasteiger partial charge in [-0.2, -0.15) is 0 Å². The fourth-order valence-electron chi connectivity index (χ4n) is 1.46. The summed E-state index contributed by atoms with van der Waals surface area (Å²) in [4.78, 5) is 21.9. The molecule has 2 amide bonds. The molecule has 1 rings (SSSR count). The van der Waals surface area contributed by atoms with Crippen LogP contribution in [0.15, 0.2) is 24.3 Å². The Morgan fingerprint density at radius 1 is 1.32 bits per heavy atom. The van der Waals surface area contributed by atoms with Crippen molar-refractivity contribution in [2.75, 3.05) is 18.5 Å². The van der Waals surface area contributed by atoms with Gasteiger partial charge in [0.2, 0.25) is 0 Å². The highest BCUT2D eigenvalue weighted by atomic mass is 16.5. The van der Waals surface area contributed by atoms with Gasteiger partial charge in [0, 0.05) is 13.0 Å². The molecule has 0 fully saturated rings. The molecule has 0 aromatic heterocycles. The second-order valence-electron chi connectivity index (χ2n) is 3.81. The van der Waals surface area contributed by atoms with Crippen molar-refractivity contribution in [1.82, 2.24) is 5.32 Å². The molecule has 6 heteroatoms. The summed E-state index contributed by atoms with van der Waals surface area (Å²) in [6.45, 7) is 2.69. The van der Waals surface area contributed by atoms with E-state index in [1.807, 2.05) is 13.0 Å². The molecule has 19 heavy (non-hydrogen) atoms. The zero-order valence-electron chi connectivity index (χ0n) is 10.8. The van der Waals surface area contributed by atoms with Crippen molar-refractivity contribution in [2.24, 2.45) is 0 Å². The second-order valence-corrected chi connectivity index (χ2v) is 3.81. The van der Waals surface area contributed by atoms with Crippen LogP contribution in [-0.4, -0.2) is 30.3 Å². The quantitative estimate of drug-likeness (QED) is 0.659. The summed E-state index contributed by atoms with van der Waals surface area (Å²) in [6.07, 6.45) is 0.436. The van der Waals surface area contributed by atoms with Gasteiger partial charge in [-0.05, 0) is 25.5 Å². The molecule has 3 N–H and O–H groups in total. The van der Waals surface area contributed by atoms with Gasteiger partial charge >= 0.3 is 12.0 Å². The molecule has 0 aliphatic carbocycles. The van der Waals surface area contributed by atoms with E-state index >= 15 is 0 Å². The topological polar surface area (TPSA) is 87.7 Å². The molecular weight excluding hydrogens is 248 g/mol. The molecule has 6 nitrogen and oxygen atoms in total. The van der Waals surface area contributed by atoms with Crippen LogP contribution in [-0.2, 0) is 4.79 Å². The third-order valence-corrected chi connectivity index (χ3v) is 2.29. The van der Waals surface area contributed by atoms with Gasteiger partial charge in [-0.1, -0.05) is 12.1 Å². The smallest absolute Gasteiger partial charge is 0.319 e. The first-order chi connectivity index (χ1) is 9.13. The van der Waals surface area contributed by atoms with Crippen LogP contribution >= 0.6 is 0 Å². The van der Waals surface area contributed by atoms with E-state index in [-0.39, 0.29) is 12.5 Å². The summed E-state index contributed by atoms with van der Waals surface area (Å²) < 4.78 is 5.37. The Labute approximate surface area is 111 Å². The van der Waals surface area contributed by atoms with Crippen LogP contribution in [0.1, 0.15) is 19.8 Å². The number of carboxylic acid groups (broad SMARTS) is 1. The average Bonchev–Trinajstić information content (AvgIpc) is 2.37. The summed E-state index contributed by atoms with van der Waals surface area (Å²) in [5.74, 6) is -0.269. The molecule has 1 aromatic carbocycles. The normalized spacial score (nSPS) is 9.74. The Balaban J connectivity index is 2.41. The van der Waals surface area contributed by atoms with Gasteiger partial charge in [-0.25, -0.2) is 4.79 Å². The fourth-order valence-corrected chi connectivity index (χ4v) is 1.46. The van der Waals surface area contributed by atoms with Crippen LogP contribution < -0.4 is 15.4 Å². The number of carbonyl (C=O) groups is 2. The molecule has 0 atom stereocenters. The number of hydrogen-bond acceptors (Lipinski definition) is 3. The predicted octanol–water partition coefficient (Wildman–Crippen LogP) is 2.07. The molecule has 104 valence electrons. The van der Waals surface area contributed by atoms with E-state index < -0.39 is 5.97 Å². The van der Waals surface area contributed by atoms with Gasteiger partial charge in [0.25, 0.3) is 0 Å². The Hall–Kier alpha value is -2.24. The minimum atomic E-state index is -0.871. The maximum atomic E-state index is 11.6. The molecule has 0 bridgehead atoms. The summed E-state index contributed by atoms with van der Waals surface area (Å²) in [5.41, 5.74) is 0.583. The number of anilines is 1. The predicted molar refractivity (Wildman–Crippen MR) is 71.5 cm³/mol. The maximum absolute atomic E-state index is 11.6. The third kappa shape index (κ3) is 5.76. The fraction of sp³-hybridized carbons (Fsp3) is 0.385. The number of rotatable bonds is 7. The summed E-state index contributed by atoms with van der Waals surface area (Å²) in [5, 5.41) is 13.7. The summed E-state index contributed by atoms with van der Waals surface area (Å²) >= 11 is 0. The third-order valence-electron chi connectivity index (χ3n) is 2.29. The van der Waals surface area contributed by atoms with Crippen LogP contribution in [0.3, 0.4) is 0 Å². The summed E-state index contributed by atoms with van der Waals surface area (Å²) in [6, 6.07) is 6.74. The Bertz CT molecular complexity index is 434. The maximum Gasteiger partial charge on any atom is 0.319 e. The van der Waals surface area contributed by atoms with Crippen LogP contribution in [0.2, 0.25) is 0 Å². The first-order valence-electron chi connectivity index (χ1n) is 6.12. The van der Waals surface area contributed by atoms with Gasteiger partial charge in [-0.3, -0.25) is 4.79 Å². The number of hydrogen-bond donors (Lipinski definition) is 3. The first kappa shape index (κ1) is 14.8. The molecular formula is C13H18N2O4. The van der Waals surface area contributed by atoms with E-state index in [1.165, 1.54) is 0 Å². The molecule has 0 spiro atoms. The van der Waals surface area contributed by atoms with Crippen molar-refractivity contribution in [3.8, 4) is 5.75 Å². The zero-order chi connectivity index (χ0) is 14.1. The molecule has 0 unspecified atom stereocenters. The van der Waals surface area contributed by atoms with E-state index in [9.17, 15) is 9.59 Å². The molecule has 1 aromatic rings. The first-order valence-corrected chi connectivity index (χ1v) is 6.12. The molecule has 0 saturated carbocycles. The monoisotopic (exact) mass is 266 g/mol. The van der Waals surface area contributed by atoms with E-state index in [4.69, 9.17) is 9.84 Å². The standard InChI is InChI=1S/C13H18N2O4/c1-2-19-11-7-4-3-6-10(11)15-13(18)14-9-5-8-12(16)17/h3-4,6-7H,2,5,8-9H2,1H3,(H,16,17)(H2,14,15,18). The molecule has 0 saturated heterocycles. The lowest BCUT2D eigenvalue weighted by molar-refractivity contribution is -0.137. The van der Waals surface area contributed by atoms with E-state index in [0.29, 0.717) is 31.0 Å². The Morgan fingerprint density at radius 2 is 2.05 bits per heavy atom. The van der Waals surface area contributed by atoms with E-state index in [1.54, 1.807) is 18.2 Å². The number of carboxylic acids is 1. The van der Waals surface area contributed by atoms with Crippen molar-refractivity contribution >= 4 is 17.7 Å². The van der Waals surface area contributed by atoms with Crippen LogP contribution in [0, 0.1) is 0 Å². The van der Waals surface area contributed by atoms with Crippen molar-refractivity contribution in [3.63, 3.8) is 0 Å². The van der Waals surface area contributed by atoms with Crippen molar-refractivity contribution in [1.29, 1.82) is 0 Å². The second kappa shape index (κ2) is 7.97. The van der Waals surface area contributed by atoms with Crippen molar-refractivity contribution in [3.05, 3.63) is 24.3 Å². The molecule has 0 radical (unpaired) electrons. The number of amides is 2. The number of para-hydroxylation sites is 2. The minimum Gasteiger partial charge on any atom is -0.492 e. The summed E-state index contributed by atoms with van der Waals surface area (Å²) in [7, 11) is 0. The van der Waals surface area contributed by atoms with Gasteiger partial charge < -0.3 is 20.5 Å². The lowest BCUT2D eigenvalue weighted by Crippen LogP contribution is -2.30. The van der Waals surface area contributed by atoms with Crippen molar-refractivity contribution in [2.45, 2.75) is 19.8 Å². The van der Waals surface area contributed by atoms with Gasteiger partial charge in [0.1, 0.15) is 5.75 Å². The van der Waals surface area contributed by atoms with E-state index in [0.717, 1.165) is 0 Å². The number of nitrogens with one attached hydrogen (secondary N) is 2. The van der Waals surface area contributed by atoms with Crippen LogP contribution in [0.5, 0.6) is 5.75 Å². The molecule has 0 aliphatic heterocycles. The number of urea groups is 1.